The lowest BCUT2D eigenvalue weighted by Crippen LogP contribution is -2.36. The van der Waals surface area contributed by atoms with Gasteiger partial charge in [0.25, 0.3) is 0 Å². The summed E-state index contributed by atoms with van der Waals surface area (Å²) in [6.07, 6.45) is 3.45. The molecule has 0 N–H and O–H groups in total. The fourth-order valence-corrected chi connectivity index (χ4v) is 4.38. The van der Waals surface area contributed by atoms with Crippen molar-refractivity contribution in [2.45, 2.75) is 32.4 Å². The van der Waals surface area contributed by atoms with Crippen LogP contribution in [0.4, 0.5) is 0 Å². The molecule has 0 aliphatic carbocycles. The Kier molecular flexibility index (Phi) is 4.99. The van der Waals surface area contributed by atoms with Crippen LogP contribution in [0.15, 0.2) is 18.3 Å². The molecule has 0 amide bonds. The van der Waals surface area contributed by atoms with Gasteiger partial charge in [0.05, 0.1) is 24.3 Å². The maximum absolute atomic E-state index is 11.6. The van der Waals surface area contributed by atoms with E-state index in [0.29, 0.717) is 12.3 Å². The van der Waals surface area contributed by atoms with Crippen molar-refractivity contribution < 1.29 is 13.2 Å². The number of pyridine rings is 1. The highest BCUT2D eigenvalue weighted by Gasteiger charge is 2.31. The van der Waals surface area contributed by atoms with Gasteiger partial charge in [-0.15, -0.1) is 0 Å². The van der Waals surface area contributed by atoms with Gasteiger partial charge in [-0.3, -0.25) is 9.88 Å². The summed E-state index contributed by atoms with van der Waals surface area (Å²) in [6.45, 7) is 3.67. The van der Waals surface area contributed by atoms with Crippen LogP contribution in [0, 0.1) is 0 Å². The van der Waals surface area contributed by atoms with Crippen molar-refractivity contribution >= 4 is 9.84 Å². The summed E-state index contributed by atoms with van der Waals surface area (Å²) >= 11 is 0. The van der Waals surface area contributed by atoms with Crippen LogP contribution in [0.1, 0.15) is 25.5 Å². The molecule has 0 radical (unpaired) electrons. The van der Waals surface area contributed by atoms with Gasteiger partial charge in [-0.2, -0.15) is 0 Å². The first-order chi connectivity index (χ1) is 9.54. The van der Waals surface area contributed by atoms with Gasteiger partial charge < -0.3 is 4.74 Å². The van der Waals surface area contributed by atoms with E-state index < -0.39 is 9.84 Å². The molecule has 1 aromatic rings. The van der Waals surface area contributed by atoms with Gasteiger partial charge in [-0.05, 0) is 25.5 Å². The van der Waals surface area contributed by atoms with Gasteiger partial charge >= 0.3 is 0 Å². The number of sulfone groups is 1. The van der Waals surface area contributed by atoms with Gasteiger partial charge in [0.2, 0.25) is 0 Å². The number of hydrogen-bond donors (Lipinski definition) is 0. The van der Waals surface area contributed by atoms with E-state index in [1.807, 2.05) is 12.1 Å². The second kappa shape index (κ2) is 6.54. The van der Waals surface area contributed by atoms with Crippen LogP contribution in [-0.4, -0.2) is 49.5 Å². The molecule has 0 aromatic carbocycles. The fourth-order valence-electron chi connectivity index (χ4n) is 2.62. The van der Waals surface area contributed by atoms with Crippen LogP contribution in [0.2, 0.25) is 0 Å². The van der Waals surface area contributed by atoms with Crippen molar-refractivity contribution in [1.82, 2.24) is 9.88 Å². The summed E-state index contributed by atoms with van der Waals surface area (Å²) in [7, 11) is -1.22. The molecule has 1 aliphatic heterocycles. The van der Waals surface area contributed by atoms with E-state index in [0.717, 1.165) is 30.8 Å². The quantitative estimate of drug-likeness (QED) is 0.796. The third kappa shape index (κ3) is 3.93. The maximum Gasteiger partial charge on any atom is 0.151 e. The SMILES string of the molecule is CCCN(Cc1cc(OC)ccn1)C1CCS(=O)(=O)C1. The summed E-state index contributed by atoms with van der Waals surface area (Å²) in [5.74, 6) is 1.37. The molecule has 0 bridgehead atoms. The maximum atomic E-state index is 11.6. The Morgan fingerprint density at radius 3 is 2.90 bits per heavy atom. The summed E-state index contributed by atoms with van der Waals surface area (Å²) in [6, 6.07) is 3.84. The molecule has 2 heterocycles. The molecule has 1 saturated heterocycles. The average Bonchev–Trinajstić information content (AvgIpc) is 2.79. The lowest BCUT2D eigenvalue weighted by Gasteiger charge is -2.27. The highest BCUT2D eigenvalue weighted by molar-refractivity contribution is 7.91. The summed E-state index contributed by atoms with van der Waals surface area (Å²) in [5, 5.41) is 0. The van der Waals surface area contributed by atoms with Gasteiger partial charge in [0.15, 0.2) is 9.84 Å². The zero-order valence-corrected chi connectivity index (χ0v) is 12.9. The third-order valence-electron chi connectivity index (χ3n) is 3.62. The largest absolute Gasteiger partial charge is 0.497 e. The molecule has 20 heavy (non-hydrogen) atoms. The standard InChI is InChI=1S/C14H22N2O3S/c1-3-7-16(13-5-8-20(17,18)11-13)10-12-9-14(19-2)4-6-15-12/h4,6,9,13H,3,5,7-8,10-11H2,1-2H3. The Balaban J connectivity index is 2.09. The summed E-state index contributed by atoms with van der Waals surface area (Å²) < 4.78 is 28.5. The van der Waals surface area contributed by atoms with Crippen LogP contribution < -0.4 is 4.74 Å². The molecule has 2 rings (SSSR count). The second-order valence-electron chi connectivity index (χ2n) is 5.21. The van der Waals surface area contributed by atoms with Crippen molar-refractivity contribution in [3.05, 3.63) is 24.0 Å². The summed E-state index contributed by atoms with van der Waals surface area (Å²) in [5.41, 5.74) is 0.919. The van der Waals surface area contributed by atoms with Crippen molar-refractivity contribution in [3.63, 3.8) is 0 Å². The minimum Gasteiger partial charge on any atom is -0.497 e. The molecular weight excluding hydrogens is 276 g/mol. The normalized spacial score (nSPS) is 21.2. The minimum absolute atomic E-state index is 0.118. The molecule has 1 aromatic heterocycles. The third-order valence-corrected chi connectivity index (χ3v) is 5.37. The topological polar surface area (TPSA) is 59.5 Å². The average molecular weight is 298 g/mol. The molecule has 1 atom stereocenters. The molecule has 0 saturated carbocycles. The van der Waals surface area contributed by atoms with E-state index in [2.05, 4.69) is 16.8 Å². The molecule has 5 nitrogen and oxygen atoms in total. The predicted octanol–water partition coefficient (Wildman–Crippen LogP) is 1.49. The van der Waals surface area contributed by atoms with Crippen LogP contribution in [0.5, 0.6) is 5.75 Å². The molecule has 112 valence electrons. The van der Waals surface area contributed by atoms with E-state index in [4.69, 9.17) is 4.74 Å². The molecular formula is C14H22N2O3S. The zero-order chi connectivity index (χ0) is 14.6. The molecule has 1 unspecified atom stereocenters. The van der Waals surface area contributed by atoms with Crippen LogP contribution in [-0.2, 0) is 16.4 Å². The number of nitrogens with zero attached hydrogens (tertiary/aromatic N) is 2. The number of methoxy groups -OCH3 is 1. The van der Waals surface area contributed by atoms with Gasteiger partial charge in [-0.1, -0.05) is 6.92 Å². The van der Waals surface area contributed by atoms with Crippen molar-refractivity contribution in [3.8, 4) is 5.75 Å². The number of rotatable bonds is 6. The lowest BCUT2D eigenvalue weighted by atomic mass is 10.2. The fraction of sp³-hybridized carbons (Fsp3) is 0.643. The highest BCUT2D eigenvalue weighted by atomic mass is 32.2. The van der Waals surface area contributed by atoms with Crippen LogP contribution >= 0.6 is 0 Å². The van der Waals surface area contributed by atoms with E-state index in [9.17, 15) is 8.42 Å². The van der Waals surface area contributed by atoms with E-state index in [1.54, 1.807) is 13.3 Å². The Morgan fingerprint density at radius 2 is 2.30 bits per heavy atom. The highest BCUT2D eigenvalue weighted by Crippen LogP contribution is 2.21. The van der Waals surface area contributed by atoms with Gasteiger partial charge in [-0.25, -0.2) is 8.42 Å². The second-order valence-corrected chi connectivity index (χ2v) is 7.44. The van der Waals surface area contributed by atoms with Crippen LogP contribution in [0.25, 0.3) is 0 Å². The van der Waals surface area contributed by atoms with Crippen LogP contribution in [0.3, 0.4) is 0 Å². The Hall–Kier alpha value is -1.14. The van der Waals surface area contributed by atoms with Crippen molar-refractivity contribution in [2.24, 2.45) is 0 Å². The molecule has 1 fully saturated rings. The molecule has 6 heteroatoms. The first kappa shape index (κ1) is 15.3. The van der Waals surface area contributed by atoms with Gasteiger partial charge in [0.1, 0.15) is 5.75 Å². The first-order valence-corrected chi connectivity index (χ1v) is 8.79. The number of aromatic nitrogens is 1. The van der Waals surface area contributed by atoms with Crippen molar-refractivity contribution in [2.75, 3.05) is 25.2 Å². The minimum atomic E-state index is -2.85. The van der Waals surface area contributed by atoms with E-state index >= 15 is 0 Å². The molecule has 0 spiro atoms. The Morgan fingerprint density at radius 1 is 1.50 bits per heavy atom. The van der Waals surface area contributed by atoms with Gasteiger partial charge in [0, 0.05) is 24.8 Å². The zero-order valence-electron chi connectivity index (χ0n) is 12.1. The first-order valence-electron chi connectivity index (χ1n) is 6.97. The smallest absolute Gasteiger partial charge is 0.151 e. The molecule has 1 aliphatic rings. The van der Waals surface area contributed by atoms with Crippen molar-refractivity contribution in [1.29, 1.82) is 0 Å². The Bertz CT molecular complexity index is 545. The monoisotopic (exact) mass is 298 g/mol. The van der Waals surface area contributed by atoms with E-state index in [-0.39, 0.29) is 11.8 Å². The van der Waals surface area contributed by atoms with E-state index in [1.165, 1.54) is 0 Å². The summed E-state index contributed by atoms with van der Waals surface area (Å²) in [4.78, 5) is 6.57. The predicted molar refractivity (Wildman–Crippen MR) is 78.5 cm³/mol. The Labute approximate surface area is 120 Å². The number of ether oxygens (including phenoxy) is 1. The number of hydrogen-bond acceptors (Lipinski definition) is 5. The lowest BCUT2D eigenvalue weighted by molar-refractivity contribution is 0.201.